The number of amides is 1. The van der Waals surface area contributed by atoms with Crippen LogP contribution in [0.3, 0.4) is 0 Å². The van der Waals surface area contributed by atoms with Crippen molar-refractivity contribution in [2.24, 2.45) is 0 Å². The van der Waals surface area contributed by atoms with Crippen molar-refractivity contribution in [1.29, 1.82) is 0 Å². The van der Waals surface area contributed by atoms with E-state index >= 15 is 0 Å². The Hall–Kier alpha value is -2.42. The van der Waals surface area contributed by atoms with Crippen molar-refractivity contribution in [2.75, 3.05) is 12.9 Å². The highest BCUT2D eigenvalue weighted by Gasteiger charge is 2.19. The van der Waals surface area contributed by atoms with Crippen molar-refractivity contribution in [2.45, 2.75) is 37.6 Å². The number of nitrogens with one attached hydrogen (secondary N) is 1. The van der Waals surface area contributed by atoms with E-state index in [1.54, 1.807) is 12.1 Å². The largest absolute Gasteiger partial charge is 0.497 e. The second kappa shape index (κ2) is 8.11. The number of hydrogen-bond donors (Lipinski definition) is 1. The second-order valence-electron chi connectivity index (χ2n) is 5.54. The van der Waals surface area contributed by atoms with Gasteiger partial charge < -0.3 is 14.6 Å². The van der Waals surface area contributed by atoms with Gasteiger partial charge >= 0.3 is 11.8 Å². The molecule has 0 bridgehead atoms. The smallest absolute Gasteiger partial charge is 0.315 e. The van der Waals surface area contributed by atoms with E-state index in [1.165, 1.54) is 19.2 Å². The summed E-state index contributed by atoms with van der Waals surface area (Å²) in [5.74, 6) is -0.0746. The number of methoxy groups -OCH3 is 1. The van der Waals surface area contributed by atoms with Crippen LogP contribution in [-0.2, 0) is 16.3 Å². The van der Waals surface area contributed by atoms with Crippen molar-refractivity contribution in [3.05, 3.63) is 36.0 Å². The van der Waals surface area contributed by atoms with Gasteiger partial charge in [-0.2, -0.15) is 4.98 Å². The third kappa shape index (κ3) is 5.02. The van der Waals surface area contributed by atoms with E-state index in [1.807, 2.05) is 13.8 Å². The Morgan fingerprint density at radius 2 is 2.00 bits per heavy atom. The Morgan fingerprint density at radius 1 is 1.32 bits per heavy atom. The molecule has 0 aliphatic carbocycles. The van der Waals surface area contributed by atoms with Gasteiger partial charge in [0.25, 0.3) is 0 Å². The molecule has 0 aliphatic rings. The number of aryl methyl sites for hydroxylation is 1. The molecule has 136 valence electrons. The maximum Gasteiger partial charge on any atom is 0.315 e. The van der Waals surface area contributed by atoms with Crippen LogP contribution in [0, 0.1) is 0 Å². The molecule has 1 aromatic heterocycles. The maximum atomic E-state index is 12.3. The van der Waals surface area contributed by atoms with Gasteiger partial charge in [0.15, 0.2) is 15.7 Å². The summed E-state index contributed by atoms with van der Waals surface area (Å²) in [6.07, 6.45) is 0.821. The van der Waals surface area contributed by atoms with Gasteiger partial charge in [-0.25, -0.2) is 8.42 Å². The molecule has 9 heteroatoms. The molecule has 0 radical (unpaired) electrons. The molecule has 0 saturated carbocycles. The summed E-state index contributed by atoms with van der Waals surface area (Å²) < 4.78 is 34.5. The van der Waals surface area contributed by atoms with E-state index in [4.69, 9.17) is 9.26 Å². The lowest BCUT2D eigenvalue weighted by Crippen LogP contribution is -2.32. The molecule has 0 aliphatic heterocycles. The first-order valence-corrected chi connectivity index (χ1v) is 9.51. The summed E-state index contributed by atoms with van der Waals surface area (Å²) in [7, 11) is -1.99. The summed E-state index contributed by atoms with van der Waals surface area (Å²) in [6, 6.07) is 6.11. The fourth-order valence-corrected chi connectivity index (χ4v) is 3.20. The Kier molecular flexibility index (Phi) is 6.13. The zero-order valence-electron chi connectivity index (χ0n) is 14.4. The van der Waals surface area contributed by atoms with Crippen molar-refractivity contribution < 1.29 is 22.5 Å². The molecule has 0 spiro atoms. The van der Waals surface area contributed by atoms with Gasteiger partial charge in [0.1, 0.15) is 5.75 Å². The highest BCUT2D eigenvalue weighted by atomic mass is 32.2. The van der Waals surface area contributed by atoms with Gasteiger partial charge in [-0.3, -0.25) is 4.79 Å². The van der Waals surface area contributed by atoms with Crippen LogP contribution in [0.25, 0.3) is 0 Å². The van der Waals surface area contributed by atoms with Crippen LogP contribution in [0.5, 0.6) is 5.75 Å². The Labute approximate surface area is 146 Å². The molecule has 2 aromatic rings. The number of sulfone groups is 1. The van der Waals surface area contributed by atoms with Crippen molar-refractivity contribution >= 4 is 15.7 Å². The zero-order chi connectivity index (χ0) is 18.4. The van der Waals surface area contributed by atoms with Gasteiger partial charge in [0.05, 0.1) is 17.8 Å². The van der Waals surface area contributed by atoms with E-state index in [2.05, 4.69) is 15.5 Å². The predicted octanol–water partition coefficient (Wildman–Crippen LogP) is 1.62. The molecule has 1 heterocycles. The van der Waals surface area contributed by atoms with Crippen molar-refractivity contribution in [1.82, 2.24) is 15.5 Å². The van der Waals surface area contributed by atoms with Crippen LogP contribution in [0.15, 0.2) is 33.7 Å². The monoisotopic (exact) mass is 367 g/mol. The van der Waals surface area contributed by atoms with Crippen LogP contribution in [-0.4, -0.2) is 43.4 Å². The molecule has 25 heavy (non-hydrogen) atoms. The van der Waals surface area contributed by atoms with Gasteiger partial charge in [-0.05, 0) is 37.6 Å². The van der Waals surface area contributed by atoms with Gasteiger partial charge in [0, 0.05) is 12.5 Å². The van der Waals surface area contributed by atoms with E-state index in [-0.39, 0.29) is 34.8 Å². The van der Waals surface area contributed by atoms with Crippen LogP contribution in [0.1, 0.15) is 36.8 Å². The molecule has 1 amide bonds. The number of carbonyl (C=O) groups excluding carboxylic acids is 1. The minimum atomic E-state index is -3.50. The van der Waals surface area contributed by atoms with Gasteiger partial charge in [-0.1, -0.05) is 12.1 Å². The minimum Gasteiger partial charge on any atom is -0.497 e. The summed E-state index contributed by atoms with van der Waals surface area (Å²) in [6.45, 7) is 3.80. The first-order valence-electron chi connectivity index (χ1n) is 7.86. The van der Waals surface area contributed by atoms with Crippen LogP contribution < -0.4 is 10.1 Å². The highest BCUT2D eigenvalue weighted by Crippen LogP contribution is 2.17. The first-order chi connectivity index (χ1) is 11.9. The number of nitrogens with zero attached hydrogens (tertiary/aromatic N) is 2. The Bertz CT molecular complexity index is 815. The van der Waals surface area contributed by atoms with Crippen molar-refractivity contribution in [3.63, 3.8) is 0 Å². The first kappa shape index (κ1) is 18.9. The van der Waals surface area contributed by atoms with E-state index in [0.717, 1.165) is 6.42 Å². The quantitative estimate of drug-likeness (QED) is 0.754. The summed E-state index contributed by atoms with van der Waals surface area (Å²) in [5, 5.41) is 6.37. The molecule has 1 atom stereocenters. The molecular weight excluding hydrogens is 346 g/mol. The van der Waals surface area contributed by atoms with Crippen LogP contribution in [0.4, 0.5) is 0 Å². The molecule has 0 saturated heterocycles. The van der Waals surface area contributed by atoms with Crippen LogP contribution in [0.2, 0.25) is 0 Å². The number of rotatable bonds is 8. The zero-order valence-corrected chi connectivity index (χ0v) is 15.2. The molecule has 0 unspecified atom stereocenters. The summed E-state index contributed by atoms with van der Waals surface area (Å²) in [4.78, 5) is 16.0. The van der Waals surface area contributed by atoms with Gasteiger partial charge in [-0.15, -0.1) is 0 Å². The lowest BCUT2D eigenvalue weighted by molar-refractivity contribution is 0.0895. The SMILES string of the molecule is CC[C@H](C)NC(=O)c1nc(CCS(=O)(=O)c2ccc(OC)cc2)no1. The third-order valence-electron chi connectivity index (χ3n) is 3.67. The number of aromatic nitrogens is 2. The average molecular weight is 367 g/mol. The molecule has 1 N–H and O–H groups in total. The summed E-state index contributed by atoms with van der Waals surface area (Å²) in [5.41, 5.74) is 0. The standard InChI is InChI=1S/C16H21N3O5S/c1-4-11(2)17-15(20)16-18-14(19-24-16)9-10-25(21,22)13-7-5-12(23-3)6-8-13/h5-8,11H,4,9-10H2,1-3H3,(H,17,20)/t11-/m0/s1. The molecule has 1 aromatic carbocycles. The number of hydrogen-bond acceptors (Lipinski definition) is 7. The van der Waals surface area contributed by atoms with E-state index in [9.17, 15) is 13.2 Å². The second-order valence-corrected chi connectivity index (χ2v) is 7.65. The fourth-order valence-electron chi connectivity index (χ4n) is 1.96. The summed E-state index contributed by atoms with van der Waals surface area (Å²) >= 11 is 0. The lowest BCUT2D eigenvalue weighted by Gasteiger charge is -2.07. The Morgan fingerprint density at radius 3 is 2.60 bits per heavy atom. The number of ether oxygens (including phenoxy) is 1. The van der Waals surface area contributed by atoms with E-state index in [0.29, 0.717) is 5.75 Å². The normalized spacial score (nSPS) is 12.6. The number of carbonyl (C=O) groups is 1. The minimum absolute atomic E-state index is 0.0155. The fraction of sp³-hybridized carbons (Fsp3) is 0.438. The van der Waals surface area contributed by atoms with Crippen molar-refractivity contribution in [3.8, 4) is 5.75 Å². The molecule has 8 nitrogen and oxygen atoms in total. The topological polar surface area (TPSA) is 111 Å². The molecular formula is C16H21N3O5S. The maximum absolute atomic E-state index is 12.3. The highest BCUT2D eigenvalue weighted by molar-refractivity contribution is 7.91. The van der Waals surface area contributed by atoms with Gasteiger partial charge in [0.2, 0.25) is 0 Å². The van der Waals surface area contributed by atoms with E-state index < -0.39 is 15.7 Å². The third-order valence-corrected chi connectivity index (χ3v) is 5.40. The average Bonchev–Trinajstić information content (AvgIpc) is 3.09. The molecule has 2 rings (SSSR count). The van der Waals surface area contributed by atoms with Crippen LogP contribution >= 0.6 is 0 Å². The lowest BCUT2D eigenvalue weighted by atomic mass is 10.2. The Balaban J connectivity index is 1.99. The molecule has 0 fully saturated rings. The predicted molar refractivity (Wildman–Crippen MR) is 90.3 cm³/mol. The number of benzene rings is 1.